The first kappa shape index (κ1) is 27.0. The minimum atomic E-state index is -0.475. The van der Waals surface area contributed by atoms with Crippen molar-refractivity contribution in [3.8, 4) is 0 Å². The second kappa shape index (κ2) is 12.7. The first-order chi connectivity index (χ1) is 14.0. The molecule has 31 heavy (non-hydrogen) atoms. The van der Waals surface area contributed by atoms with Gasteiger partial charge in [0.05, 0.1) is 4.92 Å². The molecule has 0 atom stereocenters. The number of fused-ring (bicyclic) bond motifs is 2. The lowest BCUT2D eigenvalue weighted by Crippen LogP contribution is -2.03. The van der Waals surface area contributed by atoms with E-state index < -0.39 is 4.92 Å². The minimum Gasteiger partial charge on any atom is -0.361 e. The number of hydrogen-bond acceptors (Lipinski definition) is 3. The molecule has 0 saturated carbocycles. The van der Waals surface area contributed by atoms with Gasteiger partial charge in [0.2, 0.25) is 6.20 Å². The predicted molar refractivity (Wildman–Crippen MR) is 138 cm³/mol. The summed E-state index contributed by atoms with van der Waals surface area (Å²) in [5.41, 5.74) is 4.21. The van der Waals surface area contributed by atoms with E-state index in [1.807, 2.05) is 30.5 Å². The van der Waals surface area contributed by atoms with E-state index in [0.29, 0.717) is 0 Å². The molecule has 2 heterocycles. The maximum Gasteiger partial charge on any atom is 0.235 e. The maximum atomic E-state index is 10.2. The predicted octanol–water partition coefficient (Wildman–Crippen LogP) is 6.65. The van der Waals surface area contributed by atoms with Crippen molar-refractivity contribution in [3.63, 3.8) is 0 Å². The summed E-state index contributed by atoms with van der Waals surface area (Å²) in [4.78, 5) is 18.6. The molecule has 2 aromatic carbocycles. The number of aromatic nitrogens is 2. The lowest BCUT2D eigenvalue weighted by molar-refractivity contribution is -0.400. The van der Waals surface area contributed by atoms with Crippen LogP contribution < -0.4 is 4.84 Å². The van der Waals surface area contributed by atoms with Crippen molar-refractivity contribution < 1.29 is 4.92 Å². The number of rotatable bonds is 5. The van der Waals surface area contributed by atoms with Crippen molar-refractivity contribution in [1.82, 2.24) is 14.8 Å². The fraction of sp³-hybridized carbons (Fsp3) is 0.143. The molecule has 4 rings (SSSR count). The Labute approximate surface area is 204 Å². The summed E-state index contributed by atoms with van der Waals surface area (Å²) in [5, 5.41) is 12.4. The van der Waals surface area contributed by atoms with Crippen molar-refractivity contribution in [1.29, 1.82) is 0 Å². The fourth-order valence-corrected chi connectivity index (χ4v) is 3.76. The van der Waals surface area contributed by atoms with Gasteiger partial charge >= 0.3 is 0 Å². The minimum absolute atomic E-state index is 0. The number of aromatic amines is 2. The molecule has 0 amide bonds. The molecule has 6 nitrogen and oxygen atoms in total. The molecule has 0 saturated heterocycles. The molecule has 0 spiro atoms. The summed E-state index contributed by atoms with van der Waals surface area (Å²) in [6, 6.07) is 12.0. The van der Waals surface area contributed by atoms with Crippen LogP contribution in [0.4, 0.5) is 0 Å². The Morgan fingerprint density at radius 1 is 1.03 bits per heavy atom. The van der Waals surface area contributed by atoms with Gasteiger partial charge in [-0.05, 0) is 48.0 Å². The third-order valence-electron chi connectivity index (χ3n) is 4.27. The molecule has 10 heteroatoms. The van der Waals surface area contributed by atoms with E-state index in [9.17, 15) is 10.1 Å². The van der Waals surface area contributed by atoms with Crippen LogP contribution in [0.15, 0.2) is 63.9 Å². The molecule has 0 aliphatic heterocycles. The quantitative estimate of drug-likeness (QED) is 0.109. The summed E-state index contributed by atoms with van der Waals surface area (Å²) >= 11 is 12.2. The van der Waals surface area contributed by atoms with Crippen molar-refractivity contribution in [2.45, 2.75) is 13.8 Å². The number of nitrogens with one attached hydrogen (secondary N) is 3. The van der Waals surface area contributed by atoms with Crippen LogP contribution in [-0.4, -0.2) is 29.8 Å². The molecule has 161 valence electrons. The molecule has 3 N–H and O–H groups in total. The number of hydrogen-bond donors (Lipinski definition) is 3. The molecule has 4 aromatic rings. The summed E-state index contributed by atoms with van der Waals surface area (Å²) in [7, 11) is 0. The Bertz CT molecular complexity index is 1180. The van der Waals surface area contributed by atoms with Gasteiger partial charge in [-0.25, -0.2) is 4.84 Å². The Morgan fingerprint density at radius 3 is 2.23 bits per heavy atom. The molecule has 0 aliphatic carbocycles. The van der Waals surface area contributed by atoms with E-state index in [1.165, 1.54) is 17.0 Å². The average molecular weight is 567 g/mol. The highest BCUT2D eigenvalue weighted by Gasteiger charge is 2.03. The zero-order chi connectivity index (χ0) is 20.8. The van der Waals surface area contributed by atoms with Gasteiger partial charge in [0.25, 0.3) is 0 Å². The van der Waals surface area contributed by atoms with E-state index >= 15 is 0 Å². The smallest absolute Gasteiger partial charge is 0.235 e. The average Bonchev–Trinajstić information content (AvgIpc) is 3.28. The normalized spacial score (nSPS) is 10.4. The van der Waals surface area contributed by atoms with Crippen LogP contribution in [-0.2, 0) is 6.42 Å². The molecule has 2 aromatic heterocycles. The third-order valence-corrected chi connectivity index (χ3v) is 5.45. The molecular weight excluding hydrogens is 546 g/mol. The van der Waals surface area contributed by atoms with Crippen molar-refractivity contribution in [2.75, 3.05) is 6.54 Å². The van der Waals surface area contributed by atoms with E-state index in [-0.39, 0.29) is 15.8 Å². The van der Waals surface area contributed by atoms with Crippen LogP contribution in [0.5, 0.6) is 0 Å². The van der Waals surface area contributed by atoms with E-state index in [1.54, 1.807) is 6.20 Å². The summed E-state index contributed by atoms with van der Waals surface area (Å²) in [5.74, 6) is 0. The first-order valence-corrected chi connectivity index (χ1v) is 10.6. The summed E-state index contributed by atoms with van der Waals surface area (Å²) in [6.45, 7) is 0.782. The monoisotopic (exact) mass is 565 g/mol. The van der Waals surface area contributed by atoms with Crippen LogP contribution in [0.1, 0.15) is 18.6 Å². The second-order valence-electron chi connectivity index (χ2n) is 6.17. The van der Waals surface area contributed by atoms with Gasteiger partial charge in [0.15, 0.2) is 0 Å². The van der Waals surface area contributed by atoms with Crippen LogP contribution in [0.3, 0.4) is 0 Å². The van der Waals surface area contributed by atoms with Gasteiger partial charge in [0.1, 0.15) is 0 Å². The number of halogens is 3. The maximum absolute atomic E-state index is 10.2. The summed E-state index contributed by atoms with van der Waals surface area (Å²) < 4.78 is 2.07. The van der Waals surface area contributed by atoms with Gasteiger partial charge in [0, 0.05) is 69.7 Å². The SMILES string of the molecule is C.ClNCCc1c[nH]c2cc(Br)ccc12.O=[N+]([O-])/C=C/c1c[nH]c2cc(Br)ccc12.[B]. The van der Waals surface area contributed by atoms with Gasteiger partial charge in [-0.1, -0.05) is 51.4 Å². The van der Waals surface area contributed by atoms with Gasteiger partial charge in [-0.3, -0.25) is 10.1 Å². The number of nitrogens with zero attached hydrogens (tertiary/aromatic N) is 1. The molecule has 0 aliphatic rings. The zero-order valence-corrected chi connectivity index (χ0v) is 19.6. The number of nitro groups is 1. The van der Waals surface area contributed by atoms with Crippen molar-refractivity contribution >= 4 is 79.9 Å². The Hall–Kier alpha value is -2.07. The highest BCUT2D eigenvalue weighted by atomic mass is 79.9. The topological polar surface area (TPSA) is 86.8 Å². The third kappa shape index (κ3) is 7.24. The lowest BCUT2D eigenvalue weighted by Gasteiger charge is -1.97. The van der Waals surface area contributed by atoms with Crippen molar-refractivity contribution in [2.24, 2.45) is 0 Å². The second-order valence-corrected chi connectivity index (χ2v) is 8.27. The Balaban J connectivity index is 0.000000292. The largest absolute Gasteiger partial charge is 0.361 e. The number of H-pyrrole nitrogens is 2. The van der Waals surface area contributed by atoms with E-state index in [4.69, 9.17) is 11.8 Å². The van der Waals surface area contributed by atoms with Crippen LogP contribution >= 0.6 is 43.6 Å². The Morgan fingerprint density at radius 2 is 1.61 bits per heavy atom. The highest BCUT2D eigenvalue weighted by molar-refractivity contribution is 9.10. The van der Waals surface area contributed by atoms with E-state index in [2.05, 4.69) is 58.8 Å². The number of benzene rings is 2. The molecule has 0 fully saturated rings. The zero-order valence-electron chi connectivity index (χ0n) is 15.7. The molecule has 0 bridgehead atoms. The van der Waals surface area contributed by atoms with Gasteiger partial charge < -0.3 is 9.97 Å². The highest BCUT2D eigenvalue weighted by Crippen LogP contribution is 2.23. The summed E-state index contributed by atoms with van der Waals surface area (Å²) in [6.07, 6.45) is 7.13. The van der Waals surface area contributed by atoms with Crippen molar-refractivity contribution in [3.05, 3.63) is 85.2 Å². The lowest BCUT2D eigenvalue weighted by atomic mass is 10.1. The van der Waals surface area contributed by atoms with E-state index in [0.717, 1.165) is 50.1 Å². The van der Waals surface area contributed by atoms with Crippen LogP contribution in [0.25, 0.3) is 27.9 Å². The molecule has 3 radical (unpaired) electrons. The molecular formula is C21H21BBr2ClN4O2. The molecule has 0 unspecified atom stereocenters. The van der Waals surface area contributed by atoms with Gasteiger partial charge in [-0.15, -0.1) is 0 Å². The van der Waals surface area contributed by atoms with Crippen LogP contribution in [0.2, 0.25) is 0 Å². The van der Waals surface area contributed by atoms with Gasteiger partial charge in [-0.2, -0.15) is 0 Å². The standard InChI is InChI=1S/C10H10BrClN2.C10H7BrN2O2.CH4.B/c11-8-1-2-9-7(3-4-14-12)6-13-10(9)5-8;11-8-1-2-9-7(3-4-13(14)15)6-12-10(9)5-8;;/h1-2,5-6,13-14H,3-4H2;1-6,12H;1H4;/b;4-3+;;. The fourth-order valence-electron chi connectivity index (χ4n) is 2.95. The van der Waals surface area contributed by atoms with Crippen LogP contribution in [0, 0.1) is 10.1 Å². The Kier molecular flexibility index (Phi) is 11.1. The first-order valence-electron chi connectivity index (χ1n) is 8.65.